The predicted molar refractivity (Wildman–Crippen MR) is 78.5 cm³/mol. The Morgan fingerprint density at radius 2 is 2.05 bits per heavy atom. The third kappa shape index (κ3) is 3.93. The number of rotatable bonds is 5. The Kier molecular flexibility index (Phi) is 5.20. The Morgan fingerprint density at radius 3 is 2.58 bits per heavy atom. The minimum Gasteiger partial charge on any atom is -0.481 e. The van der Waals surface area contributed by atoms with Crippen molar-refractivity contribution in [2.24, 2.45) is 11.8 Å². The van der Waals surface area contributed by atoms with Crippen molar-refractivity contribution in [2.45, 2.75) is 45.1 Å². The largest absolute Gasteiger partial charge is 0.481 e. The van der Waals surface area contributed by atoms with Crippen LogP contribution in [0.2, 0.25) is 0 Å². The molecule has 0 aliphatic heterocycles. The molecule has 3 nitrogen and oxygen atoms in total. The lowest BCUT2D eigenvalue weighted by molar-refractivity contribution is 0.235. The zero-order valence-electron chi connectivity index (χ0n) is 12.4. The zero-order chi connectivity index (χ0) is 13.7. The van der Waals surface area contributed by atoms with Crippen LogP contribution in [0.4, 0.5) is 0 Å². The Labute approximate surface area is 116 Å². The number of likely N-dealkylation sites (N-methyl/N-ethyl adjacent to an activating group) is 1. The molecule has 1 atom stereocenters. The summed E-state index contributed by atoms with van der Waals surface area (Å²) in [6.07, 6.45) is 8.47. The maximum Gasteiger partial charge on any atom is 0.212 e. The highest BCUT2D eigenvalue weighted by Crippen LogP contribution is 2.31. The molecule has 106 valence electrons. The van der Waals surface area contributed by atoms with E-state index in [0.717, 1.165) is 18.3 Å². The quantitative estimate of drug-likeness (QED) is 0.885. The number of hydrogen-bond acceptors (Lipinski definition) is 3. The summed E-state index contributed by atoms with van der Waals surface area (Å²) in [5.41, 5.74) is 1.29. The van der Waals surface area contributed by atoms with E-state index in [9.17, 15) is 0 Å². The third-order valence-electron chi connectivity index (χ3n) is 4.46. The number of methoxy groups -OCH3 is 1. The van der Waals surface area contributed by atoms with Crippen molar-refractivity contribution in [2.75, 3.05) is 14.2 Å². The molecule has 0 amide bonds. The van der Waals surface area contributed by atoms with E-state index in [1.807, 2.05) is 12.3 Å². The lowest BCUT2D eigenvalue weighted by atomic mass is 9.78. The summed E-state index contributed by atoms with van der Waals surface area (Å²) >= 11 is 0. The molecule has 0 spiro atoms. The van der Waals surface area contributed by atoms with Crippen LogP contribution in [0.3, 0.4) is 0 Å². The number of aromatic nitrogens is 1. The molecule has 1 aromatic rings. The maximum absolute atomic E-state index is 5.10. The minimum atomic E-state index is 0.572. The van der Waals surface area contributed by atoms with E-state index in [2.05, 4.69) is 30.3 Å². The predicted octanol–water partition coefficient (Wildman–Crippen LogP) is 3.05. The van der Waals surface area contributed by atoms with Gasteiger partial charge in [0.1, 0.15) is 0 Å². The highest BCUT2D eigenvalue weighted by Gasteiger charge is 2.25. The first kappa shape index (κ1) is 14.3. The normalized spacial score (nSPS) is 25.0. The van der Waals surface area contributed by atoms with E-state index in [0.29, 0.717) is 11.9 Å². The first-order valence-corrected chi connectivity index (χ1v) is 7.39. The average molecular weight is 262 g/mol. The molecule has 0 saturated heterocycles. The summed E-state index contributed by atoms with van der Waals surface area (Å²) < 4.78 is 5.10. The van der Waals surface area contributed by atoms with Gasteiger partial charge in [-0.05, 0) is 43.7 Å². The maximum atomic E-state index is 5.10. The molecule has 1 aromatic heterocycles. The Balaban J connectivity index is 1.94. The summed E-state index contributed by atoms with van der Waals surface area (Å²) in [6.45, 7) is 2.37. The van der Waals surface area contributed by atoms with Gasteiger partial charge in [0.25, 0.3) is 0 Å². The molecule has 1 aliphatic carbocycles. The van der Waals surface area contributed by atoms with Crippen molar-refractivity contribution >= 4 is 0 Å². The van der Waals surface area contributed by atoms with Gasteiger partial charge in [0, 0.05) is 18.3 Å². The molecule has 1 unspecified atom stereocenters. The fourth-order valence-electron chi connectivity index (χ4n) is 3.10. The average Bonchev–Trinajstić information content (AvgIpc) is 2.46. The summed E-state index contributed by atoms with van der Waals surface area (Å²) in [5, 5.41) is 3.50. The summed E-state index contributed by atoms with van der Waals surface area (Å²) in [6, 6.07) is 4.65. The van der Waals surface area contributed by atoms with E-state index in [-0.39, 0.29) is 0 Å². The summed E-state index contributed by atoms with van der Waals surface area (Å²) in [7, 11) is 3.74. The lowest BCUT2D eigenvalue weighted by Crippen LogP contribution is -2.37. The SMILES string of the molecule is CNC(Cc1ccc(OC)nc1)C1CCC(C)CC1. The molecular weight excluding hydrogens is 236 g/mol. The fourth-order valence-corrected chi connectivity index (χ4v) is 3.10. The number of pyridine rings is 1. The van der Waals surface area contributed by atoms with E-state index in [1.165, 1.54) is 31.2 Å². The topological polar surface area (TPSA) is 34.1 Å². The van der Waals surface area contributed by atoms with Crippen LogP contribution in [0.5, 0.6) is 5.88 Å². The summed E-state index contributed by atoms with van der Waals surface area (Å²) in [4.78, 5) is 4.29. The molecule has 1 N–H and O–H groups in total. The lowest BCUT2D eigenvalue weighted by Gasteiger charge is -2.32. The van der Waals surface area contributed by atoms with Gasteiger partial charge in [-0.3, -0.25) is 0 Å². The van der Waals surface area contributed by atoms with Crippen molar-refractivity contribution in [3.63, 3.8) is 0 Å². The van der Waals surface area contributed by atoms with Crippen molar-refractivity contribution in [3.8, 4) is 5.88 Å². The van der Waals surface area contributed by atoms with Crippen molar-refractivity contribution in [3.05, 3.63) is 23.9 Å². The Hall–Kier alpha value is -1.09. The van der Waals surface area contributed by atoms with Gasteiger partial charge >= 0.3 is 0 Å². The van der Waals surface area contributed by atoms with Crippen LogP contribution in [0.1, 0.15) is 38.2 Å². The molecule has 2 rings (SSSR count). The molecule has 1 aliphatic rings. The monoisotopic (exact) mass is 262 g/mol. The molecule has 1 heterocycles. The van der Waals surface area contributed by atoms with Crippen LogP contribution in [0.15, 0.2) is 18.3 Å². The van der Waals surface area contributed by atoms with Crippen LogP contribution in [0, 0.1) is 11.8 Å². The molecule has 0 aromatic carbocycles. The van der Waals surface area contributed by atoms with Gasteiger partial charge in [-0.2, -0.15) is 0 Å². The van der Waals surface area contributed by atoms with Gasteiger partial charge in [-0.1, -0.05) is 25.8 Å². The van der Waals surface area contributed by atoms with Crippen LogP contribution in [-0.2, 0) is 6.42 Å². The standard InChI is InChI=1S/C16H26N2O/c1-12-4-7-14(8-5-12)15(17-2)10-13-6-9-16(19-3)18-11-13/h6,9,11-12,14-15,17H,4-5,7-8,10H2,1-3H3. The van der Waals surface area contributed by atoms with Gasteiger partial charge in [0.2, 0.25) is 5.88 Å². The second-order valence-electron chi connectivity index (χ2n) is 5.83. The molecule has 1 saturated carbocycles. The molecule has 1 fully saturated rings. The van der Waals surface area contributed by atoms with Gasteiger partial charge < -0.3 is 10.1 Å². The van der Waals surface area contributed by atoms with Gasteiger partial charge in [0.15, 0.2) is 0 Å². The highest BCUT2D eigenvalue weighted by molar-refractivity contribution is 5.18. The van der Waals surface area contributed by atoms with Crippen molar-refractivity contribution in [1.82, 2.24) is 10.3 Å². The first-order valence-electron chi connectivity index (χ1n) is 7.39. The van der Waals surface area contributed by atoms with E-state index in [1.54, 1.807) is 7.11 Å². The van der Waals surface area contributed by atoms with Gasteiger partial charge in [0.05, 0.1) is 7.11 Å². The molecular formula is C16H26N2O. The van der Waals surface area contributed by atoms with E-state index in [4.69, 9.17) is 4.74 Å². The van der Waals surface area contributed by atoms with Crippen LogP contribution in [0.25, 0.3) is 0 Å². The molecule has 0 bridgehead atoms. The van der Waals surface area contributed by atoms with E-state index < -0.39 is 0 Å². The zero-order valence-corrected chi connectivity index (χ0v) is 12.4. The minimum absolute atomic E-state index is 0.572. The second kappa shape index (κ2) is 6.90. The molecule has 19 heavy (non-hydrogen) atoms. The van der Waals surface area contributed by atoms with E-state index >= 15 is 0 Å². The molecule has 0 radical (unpaired) electrons. The molecule has 3 heteroatoms. The third-order valence-corrected chi connectivity index (χ3v) is 4.46. The van der Waals surface area contributed by atoms with Crippen LogP contribution >= 0.6 is 0 Å². The van der Waals surface area contributed by atoms with Gasteiger partial charge in [-0.15, -0.1) is 0 Å². The number of ether oxygens (including phenoxy) is 1. The highest BCUT2D eigenvalue weighted by atomic mass is 16.5. The Bertz CT molecular complexity index is 369. The van der Waals surface area contributed by atoms with Gasteiger partial charge in [-0.25, -0.2) is 4.98 Å². The number of nitrogens with zero attached hydrogens (tertiary/aromatic N) is 1. The summed E-state index contributed by atoms with van der Waals surface area (Å²) in [5.74, 6) is 2.41. The smallest absolute Gasteiger partial charge is 0.212 e. The number of hydrogen-bond donors (Lipinski definition) is 1. The number of nitrogens with one attached hydrogen (secondary N) is 1. The first-order chi connectivity index (χ1) is 9.22. The fraction of sp³-hybridized carbons (Fsp3) is 0.688. The Morgan fingerprint density at radius 1 is 1.32 bits per heavy atom. The van der Waals surface area contributed by atoms with Crippen molar-refractivity contribution in [1.29, 1.82) is 0 Å². The van der Waals surface area contributed by atoms with Crippen LogP contribution in [-0.4, -0.2) is 25.2 Å². The van der Waals surface area contributed by atoms with Crippen LogP contribution < -0.4 is 10.1 Å². The van der Waals surface area contributed by atoms with Crippen molar-refractivity contribution < 1.29 is 4.74 Å². The second-order valence-corrected chi connectivity index (χ2v) is 5.83.